The summed E-state index contributed by atoms with van der Waals surface area (Å²) in [5.41, 5.74) is 0.744. The molecule has 100 valence electrons. The zero-order valence-corrected chi connectivity index (χ0v) is 11.4. The summed E-state index contributed by atoms with van der Waals surface area (Å²) in [7, 11) is 1.89. The zero-order chi connectivity index (χ0) is 13.0. The van der Waals surface area contributed by atoms with Crippen LogP contribution in [-0.4, -0.2) is 28.7 Å². The highest BCUT2D eigenvalue weighted by Gasteiger charge is 2.38. The Morgan fingerprint density at radius 1 is 1.61 bits per heavy atom. The van der Waals surface area contributed by atoms with E-state index in [0.29, 0.717) is 12.2 Å². The van der Waals surface area contributed by atoms with E-state index in [0.717, 1.165) is 44.5 Å². The molecule has 0 aliphatic carbocycles. The Labute approximate surface area is 109 Å². The molecule has 1 N–H and O–H groups in total. The van der Waals surface area contributed by atoms with Crippen molar-refractivity contribution in [2.75, 3.05) is 13.1 Å². The van der Waals surface area contributed by atoms with Crippen molar-refractivity contribution in [2.24, 2.45) is 12.5 Å². The molecule has 1 aliphatic rings. The van der Waals surface area contributed by atoms with Gasteiger partial charge in [0.25, 0.3) is 0 Å². The summed E-state index contributed by atoms with van der Waals surface area (Å²) in [6.07, 6.45) is 6.56. The molecule has 4 nitrogen and oxygen atoms in total. The molecule has 18 heavy (non-hydrogen) atoms. The van der Waals surface area contributed by atoms with Gasteiger partial charge in [-0.1, -0.05) is 13.3 Å². The third-order valence-corrected chi connectivity index (χ3v) is 3.90. The minimum atomic E-state index is -0.148. The molecule has 0 spiro atoms. The largest absolute Gasteiger partial charge is 0.316 e. The highest BCUT2D eigenvalue weighted by molar-refractivity contribution is 5.86. The molecule has 1 aliphatic heterocycles. The van der Waals surface area contributed by atoms with Crippen molar-refractivity contribution in [3.63, 3.8) is 0 Å². The Balaban J connectivity index is 2.08. The van der Waals surface area contributed by atoms with E-state index in [1.54, 1.807) is 4.68 Å². The van der Waals surface area contributed by atoms with Crippen molar-refractivity contribution in [3.05, 3.63) is 18.0 Å². The maximum absolute atomic E-state index is 12.6. The fourth-order valence-electron chi connectivity index (χ4n) is 2.95. The van der Waals surface area contributed by atoms with E-state index in [4.69, 9.17) is 0 Å². The van der Waals surface area contributed by atoms with E-state index in [1.165, 1.54) is 0 Å². The van der Waals surface area contributed by atoms with Crippen LogP contribution in [0.2, 0.25) is 0 Å². The highest BCUT2D eigenvalue weighted by Crippen LogP contribution is 2.33. The molecule has 1 unspecified atom stereocenters. The van der Waals surface area contributed by atoms with Gasteiger partial charge in [-0.15, -0.1) is 0 Å². The maximum atomic E-state index is 12.6. The van der Waals surface area contributed by atoms with E-state index in [-0.39, 0.29) is 5.41 Å². The molecule has 1 fully saturated rings. The van der Waals surface area contributed by atoms with E-state index >= 15 is 0 Å². The van der Waals surface area contributed by atoms with Gasteiger partial charge in [-0.2, -0.15) is 5.10 Å². The summed E-state index contributed by atoms with van der Waals surface area (Å²) >= 11 is 0. The summed E-state index contributed by atoms with van der Waals surface area (Å²) < 4.78 is 1.76. The second kappa shape index (κ2) is 5.65. The Bertz CT molecular complexity index is 399. The van der Waals surface area contributed by atoms with Crippen LogP contribution in [-0.2, 0) is 18.3 Å². The first-order valence-corrected chi connectivity index (χ1v) is 6.89. The first-order chi connectivity index (χ1) is 8.66. The van der Waals surface area contributed by atoms with Crippen molar-refractivity contribution < 1.29 is 4.79 Å². The molecule has 0 saturated carbocycles. The number of aryl methyl sites for hydroxylation is 1. The molecule has 2 heterocycles. The van der Waals surface area contributed by atoms with Crippen molar-refractivity contribution in [1.82, 2.24) is 15.1 Å². The summed E-state index contributed by atoms with van der Waals surface area (Å²) in [5.74, 6) is 0.357. The van der Waals surface area contributed by atoms with Gasteiger partial charge in [0.1, 0.15) is 5.78 Å². The molecule has 1 aromatic rings. The minimum absolute atomic E-state index is 0.148. The SMILES string of the molecule is CCCC1(C(=O)Cc2ccn(C)n2)CCCNC1. The van der Waals surface area contributed by atoms with Gasteiger partial charge in [0.05, 0.1) is 12.1 Å². The van der Waals surface area contributed by atoms with Crippen LogP contribution in [0.25, 0.3) is 0 Å². The Morgan fingerprint density at radius 2 is 2.44 bits per heavy atom. The molecule has 2 rings (SSSR count). The molecular formula is C14H23N3O. The molecule has 0 aromatic carbocycles. The summed E-state index contributed by atoms with van der Waals surface area (Å²) in [6.45, 7) is 4.04. The second-order valence-corrected chi connectivity index (χ2v) is 5.39. The van der Waals surface area contributed by atoms with Gasteiger partial charge in [-0.25, -0.2) is 0 Å². The van der Waals surface area contributed by atoms with Crippen molar-refractivity contribution in [3.8, 4) is 0 Å². The summed E-state index contributed by atoms with van der Waals surface area (Å²) in [4.78, 5) is 12.6. The lowest BCUT2D eigenvalue weighted by Gasteiger charge is -2.36. The van der Waals surface area contributed by atoms with E-state index in [9.17, 15) is 4.79 Å². The van der Waals surface area contributed by atoms with Gasteiger partial charge in [-0.05, 0) is 31.9 Å². The second-order valence-electron chi connectivity index (χ2n) is 5.39. The number of Topliss-reactive ketones (excluding diaryl/α,β-unsaturated/α-hetero) is 1. The standard InChI is InChI=1S/C14H23N3O/c1-3-6-14(7-4-8-15-11-14)13(18)10-12-5-9-17(2)16-12/h5,9,15H,3-4,6-8,10-11H2,1-2H3. The smallest absolute Gasteiger partial charge is 0.146 e. The monoisotopic (exact) mass is 249 g/mol. The van der Waals surface area contributed by atoms with Crippen LogP contribution in [0.15, 0.2) is 12.3 Å². The number of nitrogens with zero attached hydrogens (tertiary/aromatic N) is 2. The fraction of sp³-hybridized carbons (Fsp3) is 0.714. The van der Waals surface area contributed by atoms with Crippen LogP contribution in [0.1, 0.15) is 38.3 Å². The minimum Gasteiger partial charge on any atom is -0.316 e. The number of ketones is 1. The predicted molar refractivity (Wildman–Crippen MR) is 71.4 cm³/mol. The van der Waals surface area contributed by atoms with Crippen LogP contribution in [0.4, 0.5) is 0 Å². The lowest BCUT2D eigenvalue weighted by Crippen LogP contribution is -2.46. The first kappa shape index (κ1) is 13.3. The third kappa shape index (κ3) is 2.80. The van der Waals surface area contributed by atoms with Gasteiger partial charge >= 0.3 is 0 Å². The van der Waals surface area contributed by atoms with Gasteiger partial charge in [0, 0.05) is 25.2 Å². The van der Waals surface area contributed by atoms with E-state index < -0.39 is 0 Å². The highest BCUT2D eigenvalue weighted by atomic mass is 16.1. The topological polar surface area (TPSA) is 46.9 Å². The average molecular weight is 249 g/mol. The number of hydrogen-bond donors (Lipinski definition) is 1. The van der Waals surface area contributed by atoms with Gasteiger partial charge in [0.2, 0.25) is 0 Å². The number of aromatic nitrogens is 2. The molecule has 4 heteroatoms. The summed E-state index contributed by atoms with van der Waals surface area (Å²) in [5, 5.41) is 7.70. The van der Waals surface area contributed by atoms with Crippen LogP contribution < -0.4 is 5.32 Å². The van der Waals surface area contributed by atoms with Gasteiger partial charge in [-0.3, -0.25) is 9.48 Å². The van der Waals surface area contributed by atoms with E-state index in [1.807, 2.05) is 19.3 Å². The van der Waals surface area contributed by atoms with Crippen LogP contribution in [0.3, 0.4) is 0 Å². The Morgan fingerprint density at radius 3 is 3.00 bits per heavy atom. The Kier molecular flexibility index (Phi) is 4.17. The molecule has 0 amide bonds. The quantitative estimate of drug-likeness (QED) is 0.864. The normalized spacial score (nSPS) is 24.1. The van der Waals surface area contributed by atoms with Crippen molar-refractivity contribution >= 4 is 5.78 Å². The third-order valence-electron chi connectivity index (χ3n) is 3.90. The molecule has 1 aromatic heterocycles. The molecule has 1 atom stereocenters. The zero-order valence-electron chi connectivity index (χ0n) is 11.4. The number of hydrogen-bond acceptors (Lipinski definition) is 3. The van der Waals surface area contributed by atoms with Crippen LogP contribution in [0, 0.1) is 5.41 Å². The summed E-state index contributed by atoms with van der Waals surface area (Å²) in [6, 6.07) is 1.94. The molecule has 0 bridgehead atoms. The number of carbonyl (C=O) groups is 1. The first-order valence-electron chi connectivity index (χ1n) is 6.89. The van der Waals surface area contributed by atoms with Crippen LogP contribution >= 0.6 is 0 Å². The average Bonchev–Trinajstić information content (AvgIpc) is 2.76. The van der Waals surface area contributed by atoms with Gasteiger partial charge in [0.15, 0.2) is 0 Å². The van der Waals surface area contributed by atoms with Crippen molar-refractivity contribution in [2.45, 2.75) is 39.0 Å². The predicted octanol–water partition coefficient (Wildman–Crippen LogP) is 1.70. The number of carbonyl (C=O) groups excluding carboxylic acids is 1. The van der Waals surface area contributed by atoms with Crippen molar-refractivity contribution in [1.29, 1.82) is 0 Å². The maximum Gasteiger partial charge on any atom is 0.146 e. The van der Waals surface area contributed by atoms with Gasteiger partial charge < -0.3 is 5.32 Å². The lowest BCUT2D eigenvalue weighted by atomic mass is 9.72. The van der Waals surface area contributed by atoms with E-state index in [2.05, 4.69) is 17.3 Å². The number of nitrogens with one attached hydrogen (secondary N) is 1. The fourth-order valence-corrected chi connectivity index (χ4v) is 2.95. The number of piperidine rings is 1. The Hall–Kier alpha value is -1.16. The number of rotatable bonds is 5. The molecular weight excluding hydrogens is 226 g/mol. The lowest BCUT2D eigenvalue weighted by molar-refractivity contribution is -0.129. The molecule has 1 saturated heterocycles. The molecule has 0 radical (unpaired) electrons. The van der Waals surface area contributed by atoms with Crippen LogP contribution in [0.5, 0.6) is 0 Å².